The summed E-state index contributed by atoms with van der Waals surface area (Å²) in [4.78, 5) is 3.46. The maximum Gasteiger partial charge on any atom is 0.263 e. The summed E-state index contributed by atoms with van der Waals surface area (Å²) in [5, 5.41) is 10.1. The topological polar surface area (TPSA) is 92.1 Å². The van der Waals surface area contributed by atoms with Crippen LogP contribution >= 0.6 is 23.2 Å². The highest BCUT2D eigenvalue weighted by Gasteiger charge is 2.18. The molecule has 0 amide bonds. The van der Waals surface area contributed by atoms with Gasteiger partial charge in [-0.15, -0.1) is 0 Å². The third kappa shape index (κ3) is 4.77. The molecule has 148 valence electrons. The fraction of sp³-hybridized carbons (Fsp3) is 0.0526. The number of aromatic nitrogens is 1. The Hall–Kier alpha value is -2.86. The maximum atomic E-state index is 12.9. The van der Waals surface area contributed by atoms with E-state index < -0.39 is 15.8 Å². The van der Waals surface area contributed by atoms with Crippen molar-refractivity contribution < 1.29 is 17.5 Å². The highest BCUT2D eigenvalue weighted by molar-refractivity contribution is 7.92. The van der Waals surface area contributed by atoms with E-state index in [9.17, 15) is 18.1 Å². The summed E-state index contributed by atoms with van der Waals surface area (Å²) in [7, 11) is -4.05. The number of nitrogens with zero attached hydrogens (tertiary/aromatic N) is 2. The summed E-state index contributed by atoms with van der Waals surface area (Å²) in [6, 6.07) is 11.0. The molecule has 0 saturated carbocycles. The molecule has 0 bridgehead atoms. The molecule has 0 unspecified atom stereocenters. The lowest BCUT2D eigenvalue weighted by molar-refractivity contribution is 0.480. The molecule has 0 fully saturated rings. The largest absolute Gasteiger partial charge is 0.454 e. The van der Waals surface area contributed by atoms with E-state index in [1.54, 1.807) is 13.0 Å². The van der Waals surface area contributed by atoms with Crippen molar-refractivity contribution in [2.24, 2.45) is 0 Å². The Kier molecular flexibility index (Phi) is 5.94. The zero-order valence-corrected chi connectivity index (χ0v) is 17.1. The number of pyridine rings is 1. The van der Waals surface area contributed by atoms with E-state index in [0.717, 1.165) is 23.9 Å². The standard InChI is InChI=1S/C19H12Cl2FN3O3S/c1-11-6-18(16(21)8-15(11)20)28-17-4-3-14(7-12(17)9-23)29(26,27)25-19-5-2-13(22)10-24-19/h2-8,10H,1H3,(H,24,25). The van der Waals surface area contributed by atoms with Crippen molar-refractivity contribution in [3.8, 4) is 17.6 Å². The zero-order chi connectivity index (χ0) is 21.2. The van der Waals surface area contributed by atoms with Crippen molar-refractivity contribution in [2.75, 3.05) is 4.72 Å². The highest BCUT2D eigenvalue weighted by atomic mass is 35.5. The Bertz CT molecular complexity index is 1230. The Labute approximate surface area is 176 Å². The first-order chi connectivity index (χ1) is 13.7. The van der Waals surface area contributed by atoms with Crippen molar-refractivity contribution in [3.63, 3.8) is 0 Å². The minimum absolute atomic E-state index is 0.0244. The lowest BCUT2D eigenvalue weighted by Crippen LogP contribution is -2.14. The Morgan fingerprint density at radius 3 is 2.52 bits per heavy atom. The molecule has 6 nitrogen and oxygen atoms in total. The summed E-state index contributed by atoms with van der Waals surface area (Å²) >= 11 is 12.1. The summed E-state index contributed by atoms with van der Waals surface area (Å²) in [5.41, 5.74) is 0.698. The number of sulfonamides is 1. The fourth-order valence-electron chi connectivity index (χ4n) is 2.31. The molecular formula is C19H12Cl2FN3O3S. The van der Waals surface area contributed by atoms with Gasteiger partial charge < -0.3 is 4.74 Å². The second-order valence-corrected chi connectivity index (χ2v) is 8.37. The third-order valence-electron chi connectivity index (χ3n) is 3.78. The summed E-state index contributed by atoms with van der Waals surface area (Å²) in [6.07, 6.45) is 0.882. The van der Waals surface area contributed by atoms with Gasteiger partial charge in [0.15, 0.2) is 0 Å². The van der Waals surface area contributed by atoms with Crippen LogP contribution in [0.3, 0.4) is 0 Å². The molecule has 1 aromatic heterocycles. The van der Waals surface area contributed by atoms with Crippen molar-refractivity contribution in [3.05, 3.63) is 75.7 Å². The van der Waals surface area contributed by atoms with Gasteiger partial charge >= 0.3 is 0 Å². The second kappa shape index (κ2) is 8.25. The monoisotopic (exact) mass is 451 g/mol. The smallest absolute Gasteiger partial charge is 0.263 e. The first-order valence-corrected chi connectivity index (χ1v) is 10.3. The quantitative estimate of drug-likeness (QED) is 0.567. The molecule has 0 radical (unpaired) electrons. The van der Waals surface area contributed by atoms with Gasteiger partial charge in [0.25, 0.3) is 10.0 Å². The fourth-order valence-corrected chi connectivity index (χ4v) is 3.77. The minimum Gasteiger partial charge on any atom is -0.454 e. The van der Waals surface area contributed by atoms with Gasteiger partial charge in [-0.05, 0) is 55.0 Å². The average Bonchev–Trinajstić information content (AvgIpc) is 2.68. The van der Waals surface area contributed by atoms with E-state index in [2.05, 4.69) is 9.71 Å². The zero-order valence-electron chi connectivity index (χ0n) is 14.8. The molecule has 0 aliphatic rings. The molecule has 0 aliphatic heterocycles. The summed E-state index contributed by atoms with van der Waals surface area (Å²) in [6.45, 7) is 1.77. The van der Waals surface area contributed by atoms with E-state index in [4.69, 9.17) is 27.9 Å². The van der Waals surface area contributed by atoms with E-state index in [0.29, 0.717) is 5.02 Å². The number of ether oxygens (including phenoxy) is 1. The molecule has 0 aliphatic carbocycles. The van der Waals surface area contributed by atoms with E-state index in [1.807, 2.05) is 6.07 Å². The van der Waals surface area contributed by atoms with Crippen molar-refractivity contribution in [1.82, 2.24) is 4.98 Å². The Balaban J connectivity index is 1.91. The molecule has 10 heteroatoms. The van der Waals surface area contributed by atoms with Crippen LogP contribution in [0.4, 0.5) is 10.2 Å². The van der Waals surface area contributed by atoms with Gasteiger partial charge in [-0.25, -0.2) is 17.8 Å². The summed E-state index contributed by atoms with van der Waals surface area (Å²) in [5.74, 6) is -0.268. The van der Waals surface area contributed by atoms with Crippen LogP contribution in [0.1, 0.15) is 11.1 Å². The lowest BCUT2D eigenvalue weighted by atomic mass is 10.2. The average molecular weight is 452 g/mol. The normalized spacial score (nSPS) is 11.0. The predicted octanol–water partition coefficient (Wildman–Crippen LogP) is 5.30. The molecule has 0 spiro atoms. The number of halogens is 3. The van der Waals surface area contributed by atoms with Crippen LogP contribution in [0.25, 0.3) is 0 Å². The minimum atomic E-state index is -4.05. The number of nitriles is 1. The molecule has 1 heterocycles. The molecule has 3 rings (SSSR count). The second-order valence-electron chi connectivity index (χ2n) is 5.87. The van der Waals surface area contributed by atoms with Gasteiger partial charge in [0, 0.05) is 5.02 Å². The van der Waals surface area contributed by atoms with Crippen LogP contribution in [0, 0.1) is 24.1 Å². The Morgan fingerprint density at radius 2 is 1.86 bits per heavy atom. The molecule has 2 aromatic carbocycles. The van der Waals surface area contributed by atoms with E-state index >= 15 is 0 Å². The van der Waals surface area contributed by atoms with Gasteiger partial charge in [-0.3, -0.25) is 4.72 Å². The van der Waals surface area contributed by atoms with Gasteiger partial charge in [0.2, 0.25) is 0 Å². The SMILES string of the molecule is Cc1cc(Oc2ccc(S(=O)(=O)Nc3ccc(F)cn3)cc2C#N)c(Cl)cc1Cl. The van der Waals surface area contributed by atoms with Crippen molar-refractivity contribution in [2.45, 2.75) is 11.8 Å². The Morgan fingerprint density at radius 1 is 1.10 bits per heavy atom. The molecular weight excluding hydrogens is 440 g/mol. The molecule has 29 heavy (non-hydrogen) atoms. The van der Waals surface area contributed by atoms with Gasteiger partial charge in [-0.1, -0.05) is 23.2 Å². The van der Waals surface area contributed by atoms with Crippen molar-refractivity contribution in [1.29, 1.82) is 5.26 Å². The van der Waals surface area contributed by atoms with E-state index in [1.165, 1.54) is 24.3 Å². The van der Waals surface area contributed by atoms with Gasteiger partial charge in [0.05, 0.1) is 21.7 Å². The van der Waals surface area contributed by atoms with Crippen molar-refractivity contribution >= 4 is 39.0 Å². The number of anilines is 1. The van der Waals surface area contributed by atoms with Gasteiger partial charge in [-0.2, -0.15) is 5.26 Å². The molecule has 1 N–H and O–H groups in total. The van der Waals surface area contributed by atoms with Crippen LogP contribution < -0.4 is 9.46 Å². The number of rotatable bonds is 5. The highest BCUT2D eigenvalue weighted by Crippen LogP contribution is 2.35. The third-order valence-corrected chi connectivity index (χ3v) is 5.84. The number of nitrogens with one attached hydrogen (secondary N) is 1. The first-order valence-electron chi connectivity index (χ1n) is 8.01. The van der Waals surface area contributed by atoms with Gasteiger partial charge in [0.1, 0.15) is 29.2 Å². The van der Waals surface area contributed by atoms with Crippen LogP contribution in [-0.2, 0) is 10.0 Å². The first kappa shape index (κ1) is 20.9. The van der Waals surface area contributed by atoms with Crippen LogP contribution in [-0.4, -0.2) is 13.4 Å². The number of hydrogen-bond acceptors (Lipinski definition) is 5. The molecule has 0 atom stereocenters. The number of hydrogen-bond donors (Lipinski definition) is 1. The summed E-state index contributed by atoms with van der Waals surface area (Å²) < 4.78 is 45.9. The van der Waals surface area contributed by atoms with Crippen LogP contribution in [0.5, 0.6) is 11.5 Å². The molecule has 3 aromatic rings. The van der Waals surface area contributed by atoms with E-state index in [-0.39, 0.29) is 32.8 Å². The lowest BCUT2D eigenvalue weighted by Gasteiger charge is -2.12. The number of aryl methyl sites for hydroxylation is 1. The predicted molar refractivity (Wildman–Crippen MR) is 107 cm³/mol. The van der Waals surface area contributed by atoms with Crippen LogP contribution in [0.15, 0.2) is 53.6 Å². The maximum absolute atomic E-state index is 12.9. The molecule has 0 saturated heterocycles. The number of benzene rings is 2. The van der Waals surface area contributed by atoms with Crippen LogP contribution in [0.2, 0.25) is 10.0 Å².